The zero-order valence-corrected chi connectivity index (χ0v) is 13.5. The molecule has 4 nitrogen and oxygen atoms in total. The lowest BCUT2D eigenvalue weighted by atomic mass is 10.1. The molecular formula is C17H14BrN3O. The Morgan fingerprint density at radius 2 is 2.00 bits per heavy atom. The van der Waals surface area contributed by atoms with E-state index in [9.17, 15) is 10.1 Å². The Morgan fingerprint density at radius 3 is 2.64 bits per heavy atom. The van der Waals surface area contributed by atoms with Crippen LogP contribution in [0.3, 0.4) is 0 Å². The highest BCUT2D eigenvalue weighted by molar-refractivity contribution is 9.10. The van der Waals surface area contributed by atoms with E-state index in [0.29, 0.717) is 10.3 Å². The van der Waals surface area contributed by atoms with Gasteiger partial charge in [0.2, 0.25) is 0 Å². The van der Waals surface area contributed by atoms with Crippen molar-refractivity contribution in [3.8, 4) is 6.07 Å². The van der Waals surface area contributed by atoms with Crippen LogP contribution in [0.4, 0.5) is 0 Å². The van der Waals surface area contributed by atoms with Crippen molar-refractivity contribution in [3.63, 3.8) is 0 Å². The van der Waals surface area contributed by atoms with E-state index >= 15 is 0 Å². The SMILES string of the molecule is C[C@@H](NC(=O)/C(C#N)=C/c1cccc(Br)n1)c1ccccc1. The van der Waals surface area contributed by atoms with Crippen molar-refractivity contribution in [2.24, 2.45) is 0 Å². The first-order chi connectivity index (χ1) is 10.6. The third kappa shape index (κ3) is 4.27. The summed E-state index contributed by atoms with van der Waals surface area (Å²) < 4.78 is 0.650. The topological polar surface area (TPSA) is 65.8 Å². The van der Waals surface area contributed by atoms with Gasteiger partial charge >= 0.3 is 0 Å². The molecule has 1 heterocycles. The first-order valence-electron chi connectivity index (χ1n) is 6.70. The van der Waals surface area contributed by atoms with E-state index in [2.05, 4.69) is 26.2 Å². The number of hydrogen-bond acceptors (Lipinski definition) is 3. The number of pyridine rings is 1. The van der Waals surface area contributed by atoms with Crippen LogP contribution < -0.4 is 5.32 Å². The van der Waals surface area contributed by atoms with E-state index in [1.54, 1.807) is 18.2 Å². The lowest BCUT2D eigenvalue weighted by Crippen LogP contribution is -2.27. The molecule has 0 radical (unpaired) electrons. The van der Waals surface area contributed by atoms with Gasteiger partial charge in [-0.15, -0.1) is 0 Å². The molecule has 0 aliphatic carbocycles. The van der Waals surface area contributed by atoms with Gasteiger partial charge in [0.05, 0.1) is 11.7 Å². The molecule has 0 unspecified atom stereocenters. The summed E-state index contributed by atoms with van der Waals surface area (Å²) in [7, 11) is 0. The largest absolute Gasteiger partial charge is 0.345 e. The van der Waals surface area contributed by atoms with Crippen LogP contribution in [0, 0.1) is 11.3 Å². The molecule has 22 heavy (non-hydrogen) atoms. The molecule has 1 atom stereocenters. The van der Waals surface area contributed by atoms with Crippen molar-refractivity contribution < 1.29 is 4.79 Å². The molecule has 0 saturated heterocycles. The van der Waals surface area contributed by atoms with E-state index in [1.165, 1.54) is 6.08 Å². The number of nitrogens with zero attached hydrogens (tertiary/aromatic N) is 2. The molecule has 0 fully saturated rings. The minimum absolute atomic E-state index is 0.0216. The predicted octanol–water partition coefficient (Wildman–Crippen LogP) is 3.63. The Morgan fingerprint density at radius 1 is 1.27 bits per heavy atom. The van der Waals surface area contributed by atoms with Crippen molar-refractivity contribution >= 4 is 27.9 Å². The summed E-state index contributed by atoms with van der Waals surface area (Å²) in [5.41, 5.74) is 1.55. The number of nitrogens with one attached hydrogen (secondary N) is 1. The van der Waals surface area contributed by atoms with Crippen molar-refractivity contribution in [2.45, 2.75) is 13.0 Å². The number of hydrogen-bond donors (Lipinski definition) is 1. The lowest BCUT2D eigenvalue weighted by Gasteiger charge is -2.13. The fourth-order valence-corrected chi connectivity index (χ4v) is 2.26. The second-order valence-corrected chi connectivity index (χ2v) is 5.47. The first-order valence-corrected chi connectivity index (χ1v) is 7.49. The zero-order valence-electron chi connectivity index (χ0n) is 12.0. The van der Waals surface area contributed by atoms with Gasteiger partial charge in [0.15, 0.2) is 0 Å². The van der Waals surface area contributed by atoms with Crippen molar-refractivity contribution in [1.82, 2.24) is 10.3 Å². The molecule has 5 heteroatoms. The molecule has 0 bridgehead atoms. The van der Waals surface area contributed by atoms with Crippen LogP contribution in [0.15, 0.2) is 58.7 Å². The average molecular weight is 356 g/mol. The smallest absolute Gasteiger partial charge is 0.262 e. The number of halogens is 1. The molecule has 1 N–H and O–H groups in total. The summed E-state index contributed by atoms with van der Waals surface area (Å²) in [6.45, 7) is 1.87. The molecule has 110 valence electrons. The van der Waals surface area contributed by atoms with Gasteiger partial charge < -0.3 is 5.32 Å². The number of carbonyl (C=O) groups is 1. The van der Waals surface area contributed by atoms with E-state index in [0.717, 1.165) is 5.56 Å². The summed E-state index contributed by atoms with van der Waals surface area (Å²) in [5, 5.41) is 12.0. The van der Waals surface area contributed by atoms with Gasteiger partial charge in [-0.3, -0.25) is 4.79 Å². The third-order valence-corrected chi connectivity index (χ3v) is 3.48. The molecule has 2 aromatic rings. The summed E-state index contributed by atoms with van der Waals surface area (Å²) >= 11 is 3.26. The van der Waals surface area contributed by atoms with E-state index < -0.39 is 5.91 Å². The maximum absolute atomic E-state index is 12.2. The maximum Gasteiger partial charge on any atom is 0.262 e. The molecule has 1 aromatic carbocycles. The summed E-state index contributed by atoms with van der Waals surface area (Å²) in [6, 6.07) is 16.6. The minimum Gasteiger partial charge on any atom is -0.345 e. The molecule has 0 saturated carbocycles. The monoisotopic (exact) mass is 355 g/mol. The Kier molecular flexibility index (Phi) is 5.45. The molecular weight excluding hydrogens is 342 g/mol. The van der Waals surface area contributed by atoms with Crippen LogP contribution in [-0.4, -0.2) is 10.9 Å². The number of aromatic nitrogens is 1. The number of benzene rings is 1. The van der Waals surface area contributed by atoms with Crippen LogP contribution in [0.2, 0.25) is 0 Å². The normalized spacial score (nSPS) is 12.3. The standard InChI is InChI=1S/C17H14BrN3O/c1-12(13-6-3-2-4-7-13)20-17(22)14(11-19)10-15-8-5-9-16(18)21-15/h2-10,12H,1H3,(H,20,22)/b14-10+/t12-/m1/s1. The second kappa shape index (κ2) is 7.53. The zero-order chi connectivity index (χ0) is 15.9. The lowest BCUT2D eigenvalue weighted by molar-refractivity contribution is -0.117. The number of carbonyl (C=O) groups excluding carboxylic acids is 1. The average Bonchev–Trinajstić information content (AvgIpc) is 2.53. The maximum atomic E-state index is 12.2. The third-order valence-electron chi connectivity index (χ3n) is 3.04. The van der Waals surface area contributed by atoms with Crippen LogP contribution >= 0.6 is 15.9 Å². The van der Waals surface area contributed by atoms with Crippen molar-refractivity contribution in [1.29, 1.82) is 5.26 Å². The highest BCUT2D eigenvalue weighted by atomic mass is 79.9. The Bertz CT molecular complexity index is 735. The van der Waals surface area contributed by atoms with E-state index in [4.69, 9.17) is 0 Å². The van der Waals surface area contributed by atoms with Crippen molar-refractivity contribution in [2.75, 3.05) is 0 Å². The van der Waals surface area contributed by atoms with Gasteiger partial charge in [-0.25, -0.2) is 4.98 Å². The van der Waals surface area contributed by atoms with Gasteiger partial charge in [-0.2, -0.15) is 5.26 Å². The van der Waals surface area contributed by atoms with Gasteiger partial charge in [0.25, 0.3) is 5.91 Å². The Balaban J connectivity index is 2.14. The molecule has 0 aliphatic heterocycles. The van der Waals surface area contributed by atoms with Crippen LogP contribution in [0.1, 0.15) is 24.2 Å². The molecule has 0 aliphatic rings. The summed E-state index contributed by atoms with van der Waals surface area (Å²) in [6.07, 6.45) is 1.47. The van der Waals surface area contributed by atoms with Crippen LogP contribution in [-0.2, 0) is 4.79 Å². The molecule has 1 aromatic heterocycles. The predicted molar refractivity (Wildman–Crippen MR) is 88.5 cm³/mol. The quantitative estimate of drug-likeness (QED) is 0.517. The highest BCUT2D eigenvalue weighted by Gasteiger charge is 2.13. The number of rotatable bonds is 4. The second-order valence-electron chi connectivity index (χ2n) is 4.66. The molecule has 1 amide bonds. The van der Waals surface area contributed by atoms with E-state index in [1.807, 2.05) is 43.3 Å². The highest BCUT2D eigenvalue weighted by Crippen LogP contribution is 2.13. The van der Waals surface area contributed by atoms with Gasteiger partial charge in [-0.1, -0.05) is 36.4 Å². The minimum atomic E-state index is -0.416. The number of amides is 1. The van der Waals surface area contributed by atoms with Crippen LogP contribution in [0.25, 0.3) is 6.08 Å². The van der Waals surface area contributed by atoms with Crippen LogP contribution in [0.5, 0.6) is 0 Å². The number of nitriles is 1. The summed E-state index contributed by atoms with van der Waals surface area (Å²) in [4.78, 5) is 16.4. The Labute approximate surface area is 137 Å². The van der Waals surface area contributed by atoms with Gasteiger partial charge in [0, 0.05) is 0 Å². The van der Waals surface area contributed by atoms with Gasteiger partial charge in [-0.05, 0) is 46.6 Å². The van der Waals surface area contributed by atoms with E-state index in [-0.39, 0.29) is 11.6 Å². The first kappa shape index (κ1) is 15.9. The van der Waals surface area contributed by atoms with Crippen molar-refractivity contribution in [3.05, 3.63) is 70.0 Å². The fourth-order valence-electron chi connectivity index (χ4n) is 1.90. The molecule has 2 rings (SSSR count). The summed E-state index contributed by atoms with van der Waals surface area (Å²) in [5.74, 6) is -0.416. The molecule has 0 spiro atoms. The fraction of sp³-hybridized carbons (Fsp3) is 0.118. The Hall–Kier alpha value is -2.45. The van der Waals surface area contributed by atoms with Gasteiger partial charge in [0.1, 0.15) is 16.2 Å².